The van der Waals surface area contributed by atoms with Crippen LogP contribution in [-0.2, 0) is 6.61 Å². The van der Waals surface area contributed by atoms with Crippen LogP contribution in [0.4, 0.5) is 4.39 Å². The van der Waals surface area contributed by atoms with Gasteiger partial charge in [0.25, 0.3) is 5.91 Å². The Morgan fingerprint density at radius 2 is 1.81 bits per heavy atom. The van der Waals surface area contributed by atoms with Crippen LogP contribution in [0.2, 0.25) is 0 Å². The number of nitrogens with one attached hydrogen (secondary N) is 1. The fourth-order valence-electron chi connectivity index (χ4n) is 2.67. The molecule has 3 rings (SSSR count). The first kappa shape index (κ1) is 21.6. The molecule has 160 valence electrons. The van der Waals surface area contributed by atoms with Crippen LogP contribution >= 0.6 is 0 Å². The Kier molecular flexibility index (Phi) is 7.05. The minimum Gasteiger partial charge on any atom is -0.508 e. The van der Waals surface area contributed by atoms with Crippen molar-refractivity contribution in [1.29, 1.82) is 0 Å². The first-order valence-corrected chi connectivity index (χ1v) is 9.45. The molecule has 0 heterocycles. The number of phenolic OH excluding ortho intramolecular Hbond substituents is 2. The minimum atomic E-state index is -0.672. The molecule has 0 saturated carbocycles. The van der Waals surface area contributed by atoms with Crippen molar-refractivity contribution in [3.63, 3.8) is 0 Å². The average Bonchev–Trinajstić information content (AvgIpc) is 2.76. The molecule has 3 N–H and O–H groups in total. The molecule has 0 aliphatic rings. The highest BCUT2D eigenvalue weighted by Crippen LogP contribution is 2.29. The maximum atomic E-state index is 13.0. The van der Waals surface area contributed by atoms with Crippen molar-refractivity contribution < 1.29 is 28.9 Å². The van der Waals surface area contributed by atoms with Gasteiger partial charge in [0.05, 0.1) is 18.4 Å². The molecule has 8 heteroatoms. The lowest BCUT2D eigenvalue weighted by Crippen LogP contribution is -2.17. The first-order chi connectivity index (χ1) is 15.0. The van der Waals surface area contributed by atoms with E-state index >= 15 is 0 Å². The van der Waals surface area contributed by atoms with Gasteiger partial charge in [0, 0.05) is 0 Å². The molecule has 0 unspecified atom stereocenters. The zero-order valence-electron chi connectivity index (χ0n) is 16.7. The van der Waals surface area contributed by atoms with E-state index in [4.69, 9.17) is 9.47 Å². The molecule has 7 nitrogen and oxygen atoms in total. The van der Waals surface area contributed by atoms with E-state index in [1.54, 1.807) is 30.3 Å². The third kappa shape index (κ3) is 5.96. The highest BCUT2D eigenvalue weighted by atomic mass is 19.1. The number of halogens is 1. The van der Waals surface area contributed by atoms with Gasteiger partial charge in [-0.05, 0) is 66.6 Å². The maximum absolute atomic E-state index is 13.0. The summed E-state index contributed by atoms with van der Waals surface area (Å²) < 4.78 is 24.4. The normalized spacial score (nSPS) is 10.8. The second-order valence-corrected chi connectivity index (χ2v) is 6.45. The molecule has 0 fully saturated rings. The van der Waals surface area contributed by atoms with Crippen molar-refractivity contribution in [3.05, 3.63) is 83.2 Å². The van der Waals surface area contributed by atoms with Gasteiger partial charge in [-0.1, -0.05) is 12.1 Å². The highest BCUT2D eigenvalue weighted by molar-refractivity contribution is 5.97. The van der Waals surface area contributed by atoms with Crippen LogP contribution in [0.1, 0.15) is 28.4 Å². The first-order valence-electron chi connectivity index (χ1n) is 9.45. The molecule has 1 amide bonds. The Bertz CT molecular complexity index is 1080. The lowest BCUT2D eigenvalue weighted by molar-refractivity contribution is 0.0952. The Morgan fingerprint density at radius 3 is 2.55 bits per heavy atom. The molecule has 0 spiro atoms. The largest absolute Gasteiger partial charge is 0.508 e. The van der Waals surface area contributed by atoms with Gasteiger partial charge >= 0.3 is 0 Å². The number of amides is 1. The summed E-state index contributed by atoms with van der Waals surface area (Å²) in [6.45, 7) is 2.50. The van der Waals surface area contributed by atoms with Gasteiger partial charge in [0.1, 0.15) is 23.9 Å². The lowest BCUT2D eigenvalue weighted by Gasteiger charge is -2.12. The number of aromatic hydroxyl groups is 2. The zero-order valence-corrected chi connectivity index (χ0v) is 16.7. The van der Waals surface area contributed by atoms with Crippen molar-refractivity contribution in [3.8, 4) is 23.0 Å². The van der Waals surface area contributed by atoms with Crippen LogP contribution in [0.3, 0.4) is 0 Å². The van der Waals surface area contributed by atoms with Crippen molar-refractivity contribution in [2.24, 2.45) is 5.10 Å². The van der Waals surface area contributed by atoms with Crippen LogP contribution in [0.25, 0.3) is 0 Å². The van der Waals surface area contributed by atoms with E-state index < -0.39 is 5.91 Å². The van der Waals surface area contributed by atoms with Gasteiger partial charge < -0.3 is 19.7 Å². The number of carbonyl (C=O) groups excluding carboxylic acids is 1. The molecule has 0 aliphatic carbocycles. The summed E-state index contributed by atoms with van der Waals surface area (Å²) in [5.74, 6) is -0.401. The number of phenols is 2. The molecule has 0 aromatic heterocycles. The third-order valence-corrected chi connectivity index (χ3v) is 4.18. The van der Waals surface area contributed by atoms with Crippen LogP contribution in [0.5, 0.6) is 23.0 Å². The topological polar surface area (TPSA) is 100 Å². The summed E-state index contributed by atoms with van der Waals surface area (Å²) in [7, 11) is 0. The molecule has 0 bridgehead atoms. The van der Waals surface area contributed by atoms with E-state index in [1.165, 1.54) is 30.5 Å². The molecular formula is C23H21FN2O5. The summed E-state index contributed by atoms with van der Waals surface area (Å²) in [6, 6.07) is 14.8. The summed E-state index contributed by atoms with van der Waals surface area (Å²) in [5, 5.41) is 23.0. The van der Waals surface area contributed by atoms with Crippen LogP contribution in [0.15, 0.2) is 65.8 Å². The molecule has 3 aromatic rings. The predicted molar refractivity (Wildman–Crippen MR) is 113 cm³/mol. The Hall–Kier alpha value is -4.07. The lowest BCUT2D eigenvalue weighted by atomic mass is 10.2. The predicted octanol–water partition coefficient (Wildman–Crippen LogP) is 3.98. The van der Waals surface area contributed by atoms with E-state index in [9.17, 15) is 19.4 Å². The second kappa shape index (κ2) is 10.1. The standard InChI is InChI=1S/C23H21FN2O5/c1-2-30-22-11-16(5-10-21(22)31-14-15-3-6-17(24)7-4-15)13-25-26-23(29)19-12-18(27)8-9-20(19)28/h3-13,27-28H,2,14H2,1H3,(H,26,29)/b25-13+. The highest BCUT2D eigenvalue weighted by Gasteiger charge is 2.11. The number of carbonyl (C=O) groups is 1. The Labute approximate surface area is 178 Å². The van der Waals surface area contributed by atoms with Gasteiger partial charge in [-0.2, -0.15) is 5.10 Å². The van der Waals surface area contributed by atoms with Crippen molar-refractivity contribution in [2.75, 3.05) is 6.61 Å². The molecule has 31 heavy (non-hydrogen) atoms. The van der Waals surface area contributed by atoms with Crippen LogP contribution in [0, 0.1) is 5.82 Å². The fourth-order valence-corrected chi connectivity index (χ4v) is 2.67. The van der Waals surface area contributed by atoms with E-state index in [0.717, 1.165) is 11.6 Å². The van der Waals surface area contributed by atoms with Gasteiger partial charge in [0.2, 0.25) is 0 Å². The van der Waals surface area contributed by atoms with Crippen LogP contribution in [-0.4, -0.2) is 28.9 Å². The second-order valence-electron chi connectivity index (χ2n) is 6.45. The molecule has 0 aliphatic heterocycles. The van der Waals surface area contributed by atoms with Crippen molar-refractivity contribution >= 4 is 12.1 Å². The summed E-state index contributed by atoms with van der Waals surface area (Å²) in [5.41, 5.74) is 3.64. The smallest absolute Gasteiger partial charge is 0.275 e. The third-order valence-electron chi connectivity index (χ3n) is 4.18. The summed E-state index contributed by atoms with van der Waals surface area (Å²) in [4.78, 5) is 12.1. The van der Waals surface area contributed by atoms with Crippen molar-refractivity contribution in [1.82, 2.24) is 5.43 Å². The number of hydrazone groups is 1. The van der Waals surface area contributed by atoms with Gasteiger partial charge in [-0.3, -0.25) is 4.79 Å². The molecular weight excluding hydrogens is 403 g/mol. The summed E-state index contributed by atoms with van der Waals surface area (Å²) in [6.07, 6.45) is 1.41. The van der Waals surface area contributed by atoms with Crippen LogP contribution < -0.4 is 14.9 Å². The fraction of sp³-hybridized carbons (Fsp3) is 0.130. The molecule has 0 atom stereocenters. The number of hydrogen-bond donors (Lipinski definition) is 3. The Balaban J connectivity index is 1.67. The number of nitrogens with zero attached hydrogens (tertiary/aromatic N) is 1. The number of benzene rings is 3. The van der Waals surface area contributed by atoms with Gasteiger partial charge in [0.15, 0.2) is 11.5 Å². The summed E-state index contributed by atoms with van der Waals surface area (Å²) >= 11 is 0. The van der Waals surface area contributed by atoms with Gasteiger partial charge in [-0.25, -0.2) is 9.82 Å². The SMILES string of the molecule is CCOc1cc(/C=N/NC(=O)c2cc(O)ccc2O)ccc1OCc1ccc(F)cc1. The Morgan fingerprint density at radius 1 is 1.03 bits per heavy atom. The van der Waals surface area contributed by atoms with E-state index in [2.05, 4.69) is 10.5 Å². The maximum Gasteiger partial charge on any atom is 0.275 e. The number of hydrogen-bond acceptors (Lipinski definition) is 6. The quantitative estimate of drug-likeness (QED) is 0.289. The number of rotatable bonds is 8. The van der Waals surface area contributed by atoms with E-state index in [-0.39, 0.29) is 29.5 Å². The molecule has 3 aromatic carbocycles. The van der Waals surface area contributed by atoms with Crippen molar-refractivity contribution in [2.45, 2.75) is 13.5 Å². The number of ether oxygens (including phenoxy) is 2. The van der Waals surface area contributed by atoms with E-state index in [0.29, 0.717) is 23.7 Å². The average molecular weight is 424 g/mol. The minimum absolute atomic E-state index is 0.100. The van der Waals surface area contributed by atoms with Gasteiger partial charge in [-0.15, -0.1) is 0 Å². The van der Waals surface area contributed by atoms with E-state index in [1.807, 2.05) is 6.92 Å². The zero-order chi connectivity index (χ0) is 22.2. The monoisotopic (exact) mass is 424 g/mol. The molecule has 0 radical (unpaired) electrons. The molecule has 0 saturated heterocycles.